The van der Waals surface area contributed by atoms with Crippen molar-refractivity contribution in [3.8, 4) is 0 Å². The van der Waals surface area contributed by atoms with Gasteiger partial charge in [0.05, 0.1) is 27.2 Å². The summed E-state index contributed by atoms with van der Waals surface area (Å²) in [4.78, 5) is 9.22. The van der Waals surface area contributed by atoms with Crippen LogP contribution in [-0.4, -0.2) is 37.6 Å². The Labute approximate surface area is 69.8 Å². The average molecular weight is 161 g/mol. The van der Waals surface area contributed by atoms with Gasteiger partial charge in [-0.15, -0.1) is 0 Å². The summed E-state index contributed by atoms with van der Waals surface area (Å²) in [6, 6.07) is 0.736. The second kappa shape index (κ2) is 5.13. The summed E-state index contributed by atoms with van der Waals surface area (Å²) in [7, 11) is 6.60. The van der Waals surface area contributed by atoms with Crippen LogP contribution in [0.15, 0.2) is 0 Å². The lowest BCUT2D eigenvalue weighted by Crippen LogP contribution is -2.41. The van der Waals surface area contributed by atoms with E-state index in [-0.39, 0.29) is 5.91 Å². The van der Waals surface area contributed by atoms with Crippen molar-refractivity contribution in [1.29, 1.82) is 0 Å². The Morgan fingerprint density at radius 1 is 1.27 bits per heavy atom. The molecule has 68 valence electrons. The molecule has 0 aliphatic carbocycles. The Bertz CT molecular complexity index is 110. The van der Waals surface area contributed by atoms with Crippen LogP contribution in [0.4, 0.5) is 0 Å². The topological polar surface area (TPSA) is 43.1 Å². The van der Waals surface area contributed by atoms with E-state index in [4.69, 9.17) is 0 Å². The first kappa shape index (κ1) is 13.1. The van der Waals surface area contributed by atoms with Crippen molar-refractivity contribution in [2.24, 2.45) is 5.73 Å². The van der Waals surface area contributed by atoms with E-state index < -0.39 is 0 Å². The Morgan fingerprint density at radius 3 is 1.36 bits per heavy atom. The van der Waals surface area contributed by atoms with E-state index in [1.807, 2.05) is 0 Å². The number of amides is 1. The van der Waals surface area contributed by atoms with Gasteiger partial charge in [0.15, 0.2) is 0 Å². The number of nitrogens with zero attached hydrogens (tertiary/aromatic N) is 1. The maximum atomic E-state index is 9.22. The minimum Gasteiger partial charge on any atom is -0.370 e. The fraction of sp³-hybridized carbons (Fsp3) is 0.875. The number of rotatable bonds is 1. The largest absolute Gasteiger partial charge is 0.370 e. The van der Waals surface area contributed by atoms with Crippen molar-refractivity contribution >= 4 is 5.91 Å². The lowest BCUT2D eigenvalue weighted by Gasteiger charge is -2.28. The van der Waals surface area contributed by atoms with Gasteiger partial charge in [-0.2, -0.15) is 0 Å². The highest BCUT2D eigenvalue weighted by Gasteiger charge is 2.10. The van der Waals surface area contributed by atoms with Crippen molar-refractivity contribution in [2.45, 2.75) is 26.8 Å². The SMILES string of the molecule is CC(C)[N+](C)(C)C.CC(N)=O. The van der Waals surface area contributed by atoms with Crippen molar-refractivity contribution in [2.75, 3.05) is 21.1 Å². The van der Waals surface area contributed by atoms with Crippen LogP contribution >= 0.6 is 0 Å². The minimum absolute atomic E-state index is 0.333. The number of carbonyl (C=O) groups is 1. The first-order valence-corrected chi connectivity index (χ1v) is 3.75. The Balaban J connectivity index is 0. The second-order valence-corrected chi connectivity index (χ2v) is 3.82. The van der Waals surface area contributed by atoms with Gasteiger partial charge in [0.25, 0.3) is 0 Å². The monoisotopic (exact) mass is 161 g/mol. The molecule has 0 bridgehead atoms. The van der Waals surface area contributed by atoms with Gasteiger partial charge in [0.2, 0.25) is 5.91 Å². The molecule has 0 aromatic rings. The molecule has 0 atom stereocenters. The molecule has 0 rings (SSSR count). The van der Waals surface area contributed by atoms with Gasteiger partial charge in [0.1, 0.15) is 0 Å². The quantitative estimate of drug-likeness (QED) is 0.562. The van der Waals surface area contributed by atoms with E-state index in [2.05, 4.69) is 40.7 Å². The number of nitrogens with two attached hydrogens (primary N) is 1. The third-order valence-corrected chi connectivity index (χ3v) is 1.55. The molecular formula is C8H21N2O+. The number of quaternary nitrogens is 1. The molecule has 0 saturated carbocycles. The zero-order valence-corrected chi connectivity index (χ0v) is 8.51. The molecule has 2 N–H and O–H groups in total. The number of hydrogen-bond donors (Lipinski definition) is 1. The lowest BCUT2D eigenvalue weighted by molar-refractivity contribution is -0.891. The molecule has 0 heterocycles. The highest BCUT2D eigenvalue weighted by Crippen LogP contribution is 1.97. The van der Waals surface area contributed by atoms with Gasteiger partial charge < -0.3 is 10.2 Å². The number of primary amides is 1. The van der Waals surface area contributed by atoms with Gasteiger partial charge in [-0.1, -0.05) is 0 Å². The predicted octanol–water partition coefficient (Wildman–Crippen LogP) is 0.593. The molecule has 0 fully saturated rings. The third kappa shape index (κ3) is 17.7. The molecule has 0 aliphatic heterocycles. The van der Waals surface area contributed by atoms with Crippen LogP contribution < -0.4 is 5.73 Å². The molecule has 11 heavy (non-hydrogen) atoms. The minimum atomic E-state index is -0.333. The van der Waals surface area contributed by atoms with Gasteiger partial charge in [0, 0.05) is 6.92 Å². The highest BCUT2D eigenvalue weighted by molar-refractivity contribution is 5.70. The molecule has 3 heteroatoms. The van der Waals surface area contributed by atoms with Gasteiger partial charge in [-0.05, 0) is 13.8 Å². The summed E-state index contributed by atoms with van der Waals surface area (Å²) < 4.78 is 1.06. The first-order valence-electron chi connectivity index (χ1n) is 3.75. The molecule has 1 amide bonds. The zero-order valence-electron chi connectivity index (χ0n) is 8.51. The normalized spacial score (nSPS) is 10.5. The number of hydrogen-bond acceptors (Lipinski definition) is 1. The van der Waals surface area contributed by atoms with Crippen LogP contribution in [0.5, 0.6) is 0 Å². The van der Waals surface area contributed by atoms with Crippen LogP contribution in [0.2, 0.25) is 0 Å². The van der Waals surface area contributed by atoms with E-state index in [0.717, 1.165) is 10.5 Å². The van der Waals surface area contributed by atoms with E-state index in [9.17, 15) is 4.79 Å². The van der Waals surface area contributed by atoms with Crippen LogP contribution in [0.3, 0.4) is 0 Å². The molecule has 0 aromatic heterocycles. The summed E-state index contributed by atoms with van der Waals surface area (Å²) in [5, 5.41) is 0. The third-order valence-electron chi connectivity index (χ3n) is 1.55. The zero-order chi connectivity index (χ0) is 9.65. The summed E-state index contributed by atoms with van der Waals surface area (Å²) in [5.41, 5.74) is 4.47. The lowest BCUT2D eigenvalue weighted by atomic mass is 10.3. The maximum Gasteiger partial charge on any atom is 0.214 e. The molecule has 0 radical (unpaired) electrons. The number of carbonyl (C=O) groups excluding carboxylic acids is 1. The fourth-order valence-electron chi connectivity index (χ4n) is 0. The van der Waals surface area contributed by atoms with Crippen LogP contribution in [0.25, 0.3) is 0 Å². The first-order chi connectivity index (χ1) is 4.68. The Kier molecular flexibility index (Phi) is 6.09. The van der Waals surface area contributed by atoms with Gasteiger partial charge >= 0.3 is 0 Å². The summed E-state index contributed by atoms with van der Waals surface area (Å²) in [6.07, 6.45) is 0. The molecule has 0 saturated heterocycles. The second-order valence-electron chi connectivity index (χ2n) is 3.82. The molecule has 3 nitrogen and oxygen atoms in total. The molecular weight excluding hydrogens is 140 g/mol. The molecule has 0 spiro atoms. The van der Waals surface area contributed by atoms with Crippen molar-refractivity contribution < 1.29 is 9.28 Å². The van der Waals surface area contributed by atoms with E-state index >= 15 is 0 Å². The van der Waals surface area contributed by atoms with Crippen molar-refractivity contribution in [3.05, 3.63) is 0 Å². The van der Waals surface area contributed by atoms with Crippen LogP contribution in [0.1, 0.15) is 20.8 Å². The summed E-state index contributed by atoms with van der Waals surface area (Å²) >= 11 is 0. The van der Waals surface area contributed by atoms with Gasteiger partial charge in [-0.25, -0.2) is 0 Å². The maximum absolute atomic E-state index is 9.22. The molecule has 0 aromatic carbocycles. The van der Waals surface area contributed by atoms with E-state index in [1.165, 1.54) is 6.92 Å². The van der Waals surface area contributed by atoms with E-state index in [0.29, 0.717) is 0 Å². The fourth-order valence-corrected chi connectivity index (χ4v) is 0. The van der Waals surface area contributed by atoms with Crippen molar-refractivity contribution in [3.63, 3.8) is 0 Å². The summed E-state index contributed by atoms with van der Waals surface area (Å²) in [6.45, 7) is 5.75. The highest BCUT2D eigenvalue weighted by atomic mass is 16.1. The Morgan fingerprint density at radius 2 is 1.36 bits per heavy atom. The van der Waals surface area contributed by atoms with Crippen molar-refractivity contribution in [1.82, 2.24) is 0 Å². The molecule has 0 aliphatic rings. The van der Waals surface area contributed by atoms with E-state index in [1.54, 1.807) is 0 Å². The molecule has 0 unspecified atom stereocenters. The Hall–Kier alpha value is -0.570. The predicted molar refractivity (Wildman–Crippen MR) is 48.0 cm³/mol. The summed E-state index contributed by atoms with van der Waals surface area (Å²) in [5.74, 6) is -0.333. The van der Waals surface area contributed by atoms with Crippen LogP contribution in [-0.2, 0) is 4.79 Å². The standard InChI is InChI=1S/C6H16N.C2H5NO/c1-6(2)7(3,4)5;1-2(3)4/h6H,1-5H3;1H3,(H2,3,4)/q+1;. The van der Waals surface area contributed by atoms with Gasteiger partial charge in [-0.3, -0.25) is 4.79 Å². The smallest absolute Gasteiger partial charge is 0.214 e. The van der Waals surface area contributed by atoms with Crippen LogP contribution in [0, 0.1) is 0 Å². The average Bonchev–Trinajstić information content (AvgIpc) is 1.59.